The van der Waals surface area contributed by atoms with Gasteiger partial charge in [-0.1, -0.05) is 200 Å². The van der Waals surface area contributed by atoms with E-state index in [0.29, 0.717) is 19.4 Å². The average Bonchev–Trinajstić information content (AvgIpc) is 3.25. The van der Waals surface area contributed by atoms with Crippen molar-refractivity contribution in [3.8, 4) is 0 Å². The van der Waals surface area contributed by atoms with Crippen molar-refractivity contribution < 1.29 is 54.8 Å². The van der Waals surface area contributed by atoms with Gasteiger partial charge < -0.3 is 54.9 Å². The van der Waals surface area contributed by atoms with Crippen molar-refractivity contribution in [2.45, 2.75) is 281 Å². The predicted molar refractivity (Wildman–Crippen MR) is 237 cm³/mol. The molecule has 12 nitrogen and oxygen atoms in total. The van der Waals surface area contributed by atoms with Crippen LogP contribution in [0.2, 0.25) is 0 Å². The molecule has 0 bridgehead atoms. The van der Waals surface area contributed by atoms with Crippen molar-refractivity contribution in [2.24, 2.45) is 0 Å². The summed E-state index contributed by atoms with van der Waals surface area (Å²) in [5.41, 5.74) is 0. The third kappa shape index (κ3) is 22.1. The van der Waals surface area contributed by atoms with Crippen molar-refractivity contribution in [1.29, 1.82) is 0 Å². The number of ether oxygens (including phenoxy) is 3. The first kappa shape index (κ1) is 55.2. The van der Waals surface area contributed by atoms with E-state index in [1.54, 1.807) is 0 Å². The molecule has 60 heavy (non-hydrogen) atoms. The molecule has 2 fully saturated rings. The smallest absolute Gasteiger partial charge is 0.224 e. The number of hydrogen-bond donors (Lipinski definition) is 7. The molecule has 1 amide bonds. The van der Waals surface area contributed by atoms with Crippen LogP contribution in [0.1, 0.15) is 219 Å². The van der Waals surface area contributed by atoms with E-state index < -0.39 is 74.6 Å². The fourth-order valence-corrected chi connectivity index (χ4v) is 8.84. The van der Waals surface area contributed by atoms with Gasteiger partial charge in [-0.3, -0.25) is 4.79 Å². The lowest BCUT2D eigenvalue weighted by Crippen LogP contribution is -2.67. The monoisotopic (exact) mass is 860 g/mol. The minimum Gasteiger partial charge on any atom is -0.394 e. The molecule has 0 aromatic rings. The number of carbonyl (C=O) groups excluding carboxylic acids is 1. The molecule has 12 heteroatoms. The van der Waals surface area contributed by atoms with Gasteiger partial charge in [0.2, 0.25) is 5.91 Å². The largest absolute Gasteiger partial charge is 0.394 e. The maximum absolute atomic E-state index is 13.8. The summed E-state index contributed by atoms with van der Waals surface area (Å²) in [6.45, 7) is 3.54. The lowest BCUT2D eigenvalue weighted by atomic mass is 9.95. The number of unbranched alkanes of at least 4 members (excludes halogenated alkanes) is 29. The molecule has 0 unspecified atom stereocenters. The van der Waals surface area contributed by atoms with Gasteiger partial charge in [-0.25, -0.2) is 0 Å². The van der Waals surface area contributed by atoms with Crippen LogP contribution in [0.15, 0.2) is 0 Å². The number of rotatable bonds is 38. The van der Waals surface area contributed by atoms with Crippen LogP contribution < -0.4 is 0 Å². The van der Waals surface area contributed by atoms with Gasteiger partial charge in [-0.05, 0) is 12.8 Å². The van der Waals surface area contributed by atoms with E-state index in [1.165, 1.54) is 153 Å². The van der Waals surface area contributed by atoms with E-state index >= 15 is 0 Å². The normalized spacial score (nSPS) is 27.1. The standard InChI is InChI=1S/C48H93NO11/c1-3-5-7-9-11-13-15-17-19-21-23-25-27-29-31-33-35-49(40(52)34-32-30-28-26-24-22-20-18-16-14-12-10-8-6-4-2)47-44(56)43(55)46(39(37-51)58-47)60-48-45(57)42(54)41(53)38(36-50)59-48/h38-39,41-48,50-51,53-57H,3-37H2,1-2H3/t38-,39-,41+,42+,43-,44-,45-,46-,47-,48+/m1/s1. The van der Waals surface area contributed by atoms with E-state index in [-0.39, 0.29) is 12.3 Å². The van der Waals surface area contributed by atoms with Crippen LogP contribution in [0.4, 0.5) is 0 Å². The highest BCUT2D eigenvalue weighted by molar-refractivity contribution is 5.76. The Bertz CT molecular complexity index is 1010. The summed E-state index contributed by atoms with van der Waals surface area (Å²) in [7, 11) is 0. The maximum Gasteiger partial charge on any atom is 0.224 e. The SMILES string of the molecule is CCCCCCCCCCCCCCCCCCN(C(=O)CCCCCCCCCCCCCCCCC)[C@@H]1O[C@H](CO)[C@@H](O[C@@H]2O[C@H](CO)[C@H](O)[C@H](O)[C@H]2O)[C@H](O)[C@H]1O. The third-order valence-electron chi connectivity index (χ3n) is 12.9. The molecule has 10 atom stereocenters. The fourth-order valence-electron chi connectivity index (χ4n) is 8.84. The zero-order valence-corrected chi connectivity index (χ0v) is 38.2. The highest BCUT2D eigenvalue weighted by atomic mass is 16.7. The average molecular weight is 860 g/mol. The number of carbonyl (C=O) groups is 1. The Kier molecular flexibility index (Phi) is 32.6. The summed E-state index contributed by atoms with van der Waals surface area (Å²) in [4.78, 5) is 15.3. The van der Waals surface area contributed by atoms with E-state index in [4.69, 9.17) is 14.2 Å². The van der Waals surface area contributed by atoms with Gasteiger partial charge in [-0.15, -0.1) is 0 Å². The summed E-state index contributed by atoms with van der Waals surface area (Å²) in [6, 6.07) is 0. The van der Waals surface area contributed by atoms with Crippen molar-refractivity contribution in [3.05, 3.63) is 0 Å². The molecule has 0 aromatic carbocycles. The first-order valence-electron chi connectivity index (χ1n) is 25.1. The molecule has 0 aromatic heterocycles. The van der Waals surface area contributed by atoms with E-state index in [0.717, 1.165) is 38.5 Å². The molecule has 0 spiro atoms. The minimum absolute atomic E-state index is 0.174. The van der Waals surface area contributed by atoms with Crippen LogP contribution in [-0.2, 0) is 19.0 Å². The second kappa shape index (κ2) is 35.4. The van der Waals surface area contributed by atoms with E-state index in [2.05, 4.69) is 13.8 Å². The van der Waals surface area contributed by atoms with Crippen molar-refractivity contribution in [2.75, 3.05) is 19.8 Å². The molecular weight excluding hydrogens is 767 g/mol. The molecule has 7 N–H and O–H groups in total. The van der Waals surface area contributed by atoms with Gasteiger partial charge in [0.25, 0.3) is 0 Å². The molecule has 2 heterocycles. The maximum atomic E-state index is 13.8. The quantitative estimate of drug-likeness (QED) is 0.0298. The van der Waals surface area contributed by atoms with Crippen molar-refractivity contribution in [3.63, 3.8) is 0 Å². The van der Waals surface area contributed by atoms with Crippen LogP contribution in [0.25, 0.3) is 0 Å². The Labute approximate surface area is 365 Å². The topological polar surface area (TPSA) is 190 Å². The lowest BCUT2D eigenvalue weighted by molar-refractivity contribution is -0.348. The van der Waals surface area contributed by atoms with Gasteiger partial charge in [0, 0.05) is 13.0 Å². The number of hydrogen-bond acceptors (Lipinski definition) is 11. The zero-order chi connectivity index (χ0) is 43.8. The summed E-state index contributed by atoms with van der Waals surface area (Å²) in [5, 5.41) is 73.6. The van der Waals surface area contributed by atoms with Gasteiger partial charge in [0.1, 0.15) is 48.8 Å². The molecule has 2 aliphatic rings. The number of aliphatic hydroxyl groups is 7. The van der Waals surface area contributed by atoms with Gasteiger partial charge in [-0.2, -0.15) is 0 Å². The second-order valence-electron chi connectivity index (χ2n) is 18.1. The molecule has 0 aliphatic carbocycles. The molecular formula is C48H93NO11. The van der Waals surface area contributed by atoms with Crippen LogP contribution in [0.3, 0.4) is 0 Å². The summed E-state index contributed by atoms with van der Waals surface area (Å²) in [6.07, 6.45) is 23.3. The van der Waals surface area contributed by atoms with E-state index in [9.17, 15) is 40.5 Å². The summed E-state index contributed by atoms with van der Waals surface area (Å²) < 4.78 is 17.3. The van der Waals surface area contributed by atoms with Crippen molar-refractivity contribution >= 4 is 5.91 Å². The summed E-state index contributed by atoms with van der Waals surface area (Å²) in [5.74, 6) is -0.174. The Morgan fingerprint density at radius 2 is 0.833 bits per heavy atom. The summed E-state index contributed by atoms with van der Waals surface area (Å²) >= 11 is 0. The molecule has 0 saturated carbocycles. The first-order valence-corrected chi connectivity index (χ1v) is 25.1. The Balaban J connectivity index is 1.84. The van der Waals surface area contributed by atoms with Gasteiger partial charge in [0.15, 0.2) is 12.5 Å². The van der Waals surface area contributed by atoms with Gasteiger partial charge in [0.05, 0.1) is 13.2 Å². The Morgan fingerprint density at radius 1 is 0.450 bits per heavy atom. The van der Waals surface area contributed by atoms with Gasteiger partial charge >= 0.3 is 0 Å². The molecule has 2 aliphatic heterocycles. The molecule has 2 saturated heterocycles. The number of nitrogens with zero attached hydrogens (tertiary/aromatic N) is 1. The highest BCUT2D eigenvalue weighted by Gasteiger charge is 2.51. The highest BCUT2D eigenvalue weighted by Crippen LogP contribution is 2.31. The third-order valence-corrected chi connectivity index (χ3v) is 12.9. The lowest BCUT2D eigenvalue weighted by Gasteiger charge is -2.48. The Hall–Kier alpha value is -0.930. The van der Waals surface area contributed by atoms with Crippen LogP contribution in [0.5, 0.6) is 0 Å². The van der Waals surface area contributed by atoms with Crippen LogP contribution in [-0.4, -0.2) is 128 Å². The predicted octanol–water partition coefficient (Wildman–Crippen LogP) is 7.96. The number of aliphatic hydroxyl groups excluding tert-OH is 7. The molecule has 356 valence electrons. The number of amides is 1. The molecule has 2 rings (SSSR count). The first-order chi connectivity index (χ1) is 29.2. The Morgan fingerprint density at radius 3 is 1.23 bits per heavy atom. The van der Waals surface area contributed by atoms with Crippen molar-refractivity contribution in [1.82, 2.24) is 4.90 Å². The van der Waals surface area contributed by atoms with Crippen LogP contribution in [0, 0.1) is 0 Å². The zero-order valence-electron chi connectivity index (χ0n) is 38.2. The minimum atomic E-state index is -1.74. The fraction of sp³-hybridized carbons (Fsp3) is 0.979. The van der Waals surface area contributed by atoms with Crippen LogP contribution >= 0.6 is 0 Å². The van der Waals surface area contributed by atoms with E-state index in [1.807, 2.05) is 0 Å². The molecule has 0 radical (unpaired) electrons. The second-order valence-corrected chi connectivity index (χ2v) is 18.1.